The van der Waals surface area contributed by atoms with Gasteiger partial charge in [-0.25, -0.2) is 0 Å². The number of rotatable bonds is 2. The summed E-state index contributed by atoms with van der Waals surface area (Å²) in [4.78, 5) is 17.5. The molecule has 0 aliphatic carbocycles. The van der Waals surface area contributed by atoms with Crippen LogP contribution in [0.2, 0.25) is 0 Å². The lowest BCUT2D eigenvalue weighted by molar-refractivity contribution is -0.132. The van der Waals surface area contributed by atoms with Gasteiger partial charge < -0.3 is 9.88 Å². The fourth-order valence-corrected chi connectivity index (χ4v) is 2.66. The van der Waals surface area contributed by atoms with E-state index < -0.39 is 0 Å². The first-order chi connectivity index (χ1) is 8.06. The summed E-state index contributed by atoms with van der Waals surface area (Å²) in [5.41, 5.74) is 3.41. The zero-order chi connectivity index (χ0) is 12.4. The van der Waals surface area contributed by atoms with Gasteiger partial charge in [0.15, 0.2) is 0 Å². The highest BCUT2D eigenvalue weighted by molar-refractivity contribution is 5.79. The second kappa shape index (κ2) is 4.94. The van der Waals surface area contributed by atoms with Gasteiger partial charge in [-0.05, 0) is 44.2 Å². The third-order valence-electron chi connectivity index (χ3n) is 3.61. The first kappa shape index (κ1) is 12.2. The normalized spacial score (nSPS) is 20.6. The SMILES string of the molecule is Cc1cc(CC(=O)N2CCCC(C)C2)c(C)[nH]1. The van der Waals surface area contributed by atoms with Crippen molar-refractivity contribution in [2.24, 2.45) is 5.92 Å². The van der Waals surface area contributed by atoms with E-state index in [-0.39, 0.29) is 5.91 Å². The van der Waals surface area contributed by atoms with Gasteiger partial charge in [-0.15, -0.1) is 0 Å². The van der Waals surface area contributed by atoms with Gasteiger partial charge >= 0.3 is 0 Å². The highest BCUT2D eigenvalue weighted by atomic mass is 16.2. The zero-order valence-corrected chi connectivity index (χ0v) is 11.0. The van der Waals surface area contributed by atoms with Gasteiger partial charge in [0.2, 0.25) is 5.91 Å². The average molecular weight is 234 g/mol. The van der Waals surface area contributed by atoms with Gasteiger partial charge in [-0.3, -0.25) is 4.79 Å². The van der Waals surface area contributed by atoms with E-state index in [1.807, 2.05) is 18.7 Å². The number of H-pyrrole nitrogens is 1. The number of hydrogen-bond acceptors (Lipinski definition) is 1. The molecule has 3 nitrogen and oxygen atoms in total. The van der Waals surface area contributed by atoms with Crippen molar-refractivity contribution < 1.29 is 4.79 Å². The van der Waals surface area contributed by atoms with E-state index in [0.29, 0.717) is 12.3 Å². The molecule has 0 radical (unpaired) electrons. The lowest BCUT2D eigenvalue weighted by Crippen LogP contribution is -2.39. The Hall–Kier alpha value is -1.25. The van der Waals surface area contributed by atoms with E-state index in [4.69, 9.17) is 0 Å². The van der Waals surface area contributed by atoms with Gasteiger partial charge in [0, 0.05) is 24.5 Å². The first-order valence-electron chi connectivity index (χ1n) is 6.49. The molecule has 0 aromatic carbocycles. The Morgan fingerprint density at radius 3 is 2.88 bits per heavy atom. The zero-order valence-electron chi connectivity index (χ0n) is 11.0. The van der Waals surface area contributed by atoms with Gasteiger partial charge in [0.1, 0.15) is 0 Å². The van der Waals surface area contributed by atoms with Crippen LogP contribution < -0.4 is 0 Å². The van der Waals surface area contributed by atoms with Crippen molar-refractivity contribution in [3.8, 4) is 0 Å². The molecule has 94 valence electrons. The largest absolute Gasteiger partial charge is 0.362 e. The molecule has 1 aromatic rings. The molecule has 0 saturated carbocycles. The predicted molar refractivity (Wildman–Crippen MR) is 68.9 cm³/mol. The number of carbonyl (C=O) groups is 1. The third kappa shape index (κ3) is 2.90. The maximum atomic E-state index is 12.2. The van der Waals surface area contributed by atoms with Crippen molar-refractivity contribution in [2.75, 3.05) is 13.1 Å². The molecule has 1 unspecified atom stereocenters. The number of carbonyl (C=O) groups excluding carboxylic acids is 1. The number of piperidine rings is 1. The van der Waals surface area contributed by atoms with Crippen LogP contribution in [0.4, 0.5) is 0 Å². The Kier molecular flexibility index (Phi) is 3.55. The molecule has 1 fully saturated rings. The van der Waals surface area contributed by atoms with Crippen LogP contribution in [0.25, 0.3) is 0 Å². The summed E-state index contributed by atoms with van der Waals surface area (Å²) in [7, 11) is 0. The molecule has 1 N–H and O–H groups in total. The number of amides is 1. The highest BCUT2D eigenvalue weighted by Gasteiger charge is 2.21. The van der Waals surface area contributed by atoms with Crippen LogP contribution in [-0.2, 0) is 11.2 Å². The van der Waals surface area contributed by atoms with Gasteiger partial charge in [-0.1, -0.05) is 6.92 Å². The van der Waals surface area contributed by atoms with E-state index in [9.17, 15) is 4.79 Å². The fraction of sp³-hybridized carbons (Fsp3) is 0.643. The summed E-state index contributed by atoms with van der Waals surface area (Å²) in [5.74, 6) is 0.931. The Balaban J connectivity index is 1.99. The predicted octanol–water partition coefficient (Wildman–Crippen LogP) is 2.43. The first-order valence-corrected chi connectivity index (χ1v) is 6.49. The summed E-state index contributed by atoms with van der Waals surface area (Å²) >= 11 is 0. The molecule has 1 aliphatic heterocycles. The number of nitrogens with one attached hydrogen (secondary N) is 1. The molecular formula is C14H22N2O. The molecule has 0 spiro atoms. The lowest BCUT2D eigenvalue weighted by atomic mass is 9.99. The molecule has 1 aromatic heterocycles. The standard InChI is InChI=1S/C14H22N2O/c1-10-5-4-6-16(9-10)14(17)8-13-7-11(2)15-12(13)3/h7,10,15H,4-6,8-9H2,1-3H3. The molecule has 1 saturated heterocycles. The van der Waals surface area contributed by atoms with E-state index in [1.54, 1.807) is 0 Å². The molecular weight excluding hydrogens is 212 g/mol. The van der Waals surface area contributed by atoms with Crippen LogP contribution in [0, 0.1) is 19.8 Å². The average Bonchev–Trinajstić information content (AvgIpc) is 2.57. The van der Waals surface area contributed by atoms with Crippen LogP contribution in [0.15, 0.2) is 6.07 Å². The van der Waals surface area contributed by atoms with Crippen LogP contribution in [-0.4, -0.2) is 28.9 Å². The second-order valence-corrected chi connectivity index (χ2v) is 5.37. The van der Waals surface area contributed by atoms with Crippen molar-refractivity contribution >= 4 is 5.91 Å². The molecule has 2 heterocycles. The molecule has 17 heavy (non-hydrogen) atoms. The number of nitrogens with zero attached hydrogens (tertiary/aromatic N) is 1. The summed E-state index contributed by atoms with van der Waals surface area (Å²) in [5, 5.41) is 0. The smallest absolute Gasteiger partial charge is 0.227 e. The number of aryl methyl sites for hydroxylation is 2. The van der Waals surface area contributed by atoms with E-state index in [1.165, 1.54) is 6.42 Å². The minimum Gasteiger partial charge on any atom is -0.362 e. The maximum Gasteiger partial charge on any atom is 0.227 e. The number of aromatic nitrogens is 1. The number of aromatic amines is 1. The molecule has 1 aliphatic rings. The van der Waals surface area contributed by atoms with E-state index in [0.717, 1.165) is 36.5 Å². The summed E-state index contributed by atoms with van der Waals surface area (Å²) in [6.45, 7) is 8.16. The Labute approximate surface area is 103 Å². The Morgan fingerprint density at radius 2 is 2.29 bits per heavy atom. The maximum absolute atomic E-state index is 12.2. The van der Waals surface area contributed by atoms with Crippen molar-refractivity contribution in [3.05, 3.63) is 23.0 Å². The molecule has 1 atom stereocenters. The third-order valence-corrected chi connectivity index (χ3v) is 3.61. The van der Waals surface area contributed by atoms with E-state index in [2.05, 4.69) is 18.0 Å². The van der Waals surface area contributed by atoms with Crippen molar-refractivity contribution in [2.45, 2.75) is 40.0 Å². The lowest BCUT2D eigenvalue weighted by Gasteiger charge is -2.31. The molecule has 3 heteroatoms. The monoisotopic (exact) mass is 234 g/mol. The Morgan fingerprint density at radius 1 is 1.53 bits per heavy atom. The topological polar surface area (TPSA) is 36.1 Å². The number of hydrogen-bond donors (Lipinski definition) is 1. The second-order valence-electron chi connectivity index (χ2n) is 5.37. The van der Waals surface area contributed by atoms with E-state index >= 15 is 0 Å². The minimum absolute atomic E-state index is 0.277. The van der Waals surface area contributed by atoms with Crippen LogP contribution in [0.1, 0.15) is 36.7 Å². The quantitative estimate of drug-likeness (QED) is 0.838. The fourth-order valence-electron chi connectivity index (χ4n) is 2.66. The summed E-state index contributed by atoms with van der Waals surface area (Å²) < 4.78 is 0. The van der Waals surface area contributed by atoms with Crippen LogP contribution >= 0.6 is 0 Å². The van der Waals surface area contributed by atoms with Crippen LogP contribution in [0.5, 0.6) is 0 Å². The van der Waals surface area contributed by atoms with Crippen molar-refractivity contribution in [1.29, 1.82) is 0 Å². The molecule has 0 bridgehead atoms. The van der Waals surface area contributed by atoms with Gasteiger partial charge in [-0.2, -0.15) is 0 Å². The van der Waals surface area contributed by atoms with Gasteiger partial charge in [0.05, 0.1) is 6.42 Å². The summed E-state index contributed by atoms with van der Waals surface area (Å²) in [6, 6.07) is 2.08. The van der Waals surface area contributed by atoms with Crippen molar-refractivity contribution in [1.82, 2.24) is 9.88 Å². The highest BCUT2D eigenvalue weighted by Crippen LogP contribution is 2.17. The summed E-state index contributed by atoms with van der Waals surface area (Å²) in [6.07, 6.45) is 2.95. The van der Waals surface area contributed by atoms with Crippen LogP contribution in [0.3, 0.4) is 0 Å². The number of likely N-dealkylation sites (tertiary alicyclic amines) is 1. The van der Waals surface area contributed by atoms with Gasteiger partial charge in [0.25, 0.3) is 0 Å². The van der Waals surface area contributed by atoms with Crippen molar-refractivity contribution in [3.63, 3.8) is 0 Å². The minimum atomic E-state index is 0.277. The Bertz CT molecular complexity index is 408. The molecule has 1 amide bonds. The molecule has 2 rings (SSSR count).